The van der Waals surface area contributed by atoms with Crippen LogP contribution in [0.5, 0.6) is 0 Å². The number of anilines is 1. The minimum absolute atomic E-state index is 0.0267. The minimum Gasteiger partial charge on any atom is -0.465 e. The van der Waals surface area contributed by atoms with Crippen LogP contribution in [0.4, 0.5) is 23.2 Å². The van der Waals surface area contributed by atoms with E-state index in [-0.39, 0.29) is 46.4 Å². The summed E-state index contributed by atoms with van der Waals surface area (Å²) in [6, 6.07) is 8.63. The monoisotopic (exact) mass is 443 g/mol. The molecular weight excluding hydrogens is 422 g/mol. The zero-order valence-corrected chi connectivity index (χ0v) is 17.4. The van der Waals surface area contributed by atoms with Crippen LogP contribution in [0.15, 0.2) is 41.3 Å². The van der Waals surface area contributed by atoms with Crippen LogP contribution in [-0.2, 0) is 16.1 Å². The first-order valence-electron chi connectivity index (χ1n) is 9.05. The first-order chi connectivity index (χ1) is 14.2. The SMILES string of the molecule is CCC(=O)N(Cc1ccccc1C(=O)OC)c1cc(SC(F)C(F)F)c(C)cc1F. The normalized spacial score (nSPS) is 12.0. The highest BCUT2D eigenvalue weighted by atomic mass is 32.2. The molecule has 0 saturated heterocycles. The summed E-state index contributed by atoms with van der Waals surface area (Å²) in [6.45, 7) is 2.89. The smallest absolute Gasteiger partial charge is 0.338 e. The fraction of sp³-hybridized carbons (Fsp3) is 0.333. The van der Waals surface area contributed by atoms with Crippen molar-refractivity contribution in [2.45, 2.75) is 43.6 Å². The Morgan fingerprint density at radius 2 is 1.83 bits per heavy atom. The minimum atomic E-state index is -3.21. The molecule has 0 aliphatic carbocycles. The Bertz CT molecular complexity index is 923. The van der Waals surface area contributed by atoms with E-state index in [2.05, 4.69) is 0 Å². The number of alkyl halides is 3. The number of halogens is 4. The molecule has 0 spiro atoms. The number of carbonyl (C=O) groups excluding carboxylic acids is 2. The summed E-state index contributed by atoms with van der Waals surface area (Å²) in [7, 11) is 1.22. The van der Waals surface area contributed by atoms with Gasteiger partial charge in [0.1, 0.15) is 5.82 Å². The average molecular weight is 443 g/mol. The van der Waals surface area contributed by atoms with Crippen LogP contribution < -0.4 is 4.90 Å². The topological polar surface area (TPSA) is 46.6 Å². The zero-order chi connectivity index (χ0) is 22.4. The zero-order valence-electron chi connectivity index (χ0n) is 16.6. The predicted octanol–water partition coefficient (Wildman–Crippen LogP) is 5.52. The van der Waals surface area contributed by atoms with Crippen molar-refractivity contribution in [3.05, 3.63) is 58.9 Å². The Hall–Kier alpha value is -2.55. The molecule has 30 heavy (non-hydrogen) atoms. The second-order valence-corrected chi connectivity index (χ2v) is 7.48. The summed E-state index contributed by atoms with van der Waals surface area (Å²) in [5.41, 5.74) is -1.79. The van der Waals surface area contributed by atoms with E-state index >= 15 is 0 Å². The highest BCUT2D eigenvalue weighted by molar-refractivity contribution is 7.99. The van der Waals surface area contributed by atoms with E-state index in [0.29, 0.717) is 5.56 Å². The second kappa shape index (κ2) is 10.5. The van der Waals surface area contributed by atoms with Crippen LogP contribution in [0.1, 0.15) is 34.8 Å². The molecule has 9 heteroatoms. The molecule has 0 aliphatic heterocycles. The molecule has 1 amide bonds. The number of nitrogens with zero attached hydrogens (tertiary/aromatic N) is 1. The highest BCUT2D eigenvalue weighted by Crippen LogP contribution is 2.36. The molecule has 2 aromatic rings. The summed E-state index contributed by atoms with van der Waals surface area (Å²) >= 11 is 0.260. The number of carbonyl (C=O) groups is 2. The molecule has 162 valence electrons. The molecule has 0 saturated carbocycles. The molecule has 0 fully saturated rings. The Balaban J connectivity index is 2.51. The Morgan fingerprint density at radius 3 is 2.43 bits per heavy atom. The lowest BCUT2D eigenvalue weighted by Gasteiger charge is -2.25. The maximum absolute atomic E-state index is 14.8. The number of benzene rings is 2. The molecule has 2 rings (SSSR count). The van der Waals surface area contributed by atoms with Crippen molar-refractivity contribution in [2.24, 2.45) is 0 Å². The number of hydrogen-bond donors (Lipinski definition) is 0. The van der Waals surface area contributed by atoms with Crippen LogP contribution in [0, 0.1) is 12.7 Å². The van der Waals surface area contributed by atoms with Gasteiger partial charge in [-0.1, -0.05) is 36.9 Å². The Labute approximate surface area is 176 Å². The number of ether oxygens (including phenoxy) is 1. The number of aryl methyl sites for hydroxylation is 1. The van der Waals surface area contributed by atoms with Crippen LogP contribution in [0.3, 0.4) is 0 Å². The highest BCUT2D eigenvalue weighted by Gasteiger charge is 2.25. The third-order valence-corrected chi connectivity index (χ3v) is 5.45. The summed E-state index contributed by atoms with van der Waals surface area (Å²) in [5.74, 6) is -1.84. The third-order valence-electron chi connectivity index (χ3n) is 4.33. The van der Waals surface area contributed by atoms with Crippen molar-refractivity contribution in [3.63, 3.8) is 0 Å². The lowest BCUT2D eigenvalue weighted by Crippen LogP contribution is -2.31. The maximum atomic E-state index is 14.8. The van der Waals surface area contributed by atoms with Gasteiger partial charge in [0, 0.05) is 11.3 Å². The van der Waals surface area contributed by atoms with Crippen molar-refractivity contribution in [2.75, 3.05) is 12.0 Å². The van der Waals surface area contributed by atoms with E-state index in [0.717, 1.165) is 11.0 Å². The standard InChI is InChI=1S/C21H21F4NO3S/c1-4-18(27)26(11-13-7-5-6-8-14(13)21(28)29-3)16-10-17(12(2)9-15(16)22)30-20(25)19(23)24/h5-10,19-20H,4,11H2,1-3H3. The third kappa shape index (κ3) is 5.53. The van der Waals surface area contributed by atoms with Crippen molar-refractivity contribution < 1.29 is 31.9 Å². The van der Waals surface area contributed by atoms with Gasteiger partial charge >= 0.3 is 5.97 Å². The van der Waals surface area contributed by atoms with Crippen LogP contribution in [0.25, 0.3) is 0 Å². The quantitative estimate of drug-likeness (QED) is 0.306. The van der Waals surface area contributed by atoms with E-state index in [1.54, 1.807) is 25.1 Å². The molecule has 0 heterocycles. The maximum Gasteiger partial charge on any atom is 0.338 e. The van der Waals surface area contributed by atoms with E-state index in [1.165, 1.54) is 26.2 Å². The number of methoxy groups -OCH3 is 1. The van der Waals surface area contributed by atoms with Gasteiger partial charge in [-0.2, -0.15) is 0 Å². The molecular formula is C21H21F4NO3S. The van der Waals surface area contributed by atoms with Gasteiger partial charge in [0.05, 0.1) is 24.9 Å². The Kier molecular flexibility index (Phi) is 8.28. The number of esters is 1. The van der Waals surface area contributed by atoms with Gasteiger partial charge in [0.15, 0.2) is 0 Å². The lowest BCUT2D eigenvalue weighted by atomic mass is 10.1. The average Bonchev–Trinajstić information content (AvgIpc) is 2.73. The number of rotatable bonds is 8. The van der Waals surface area contributed by atoms with Crippen molar-refractivity contribution >= 4 is 29.3 Å². The van der Waals surface area contributed by atoms with Crippen LogP contribution >= 0.6 is 11.8 Å². The van der Waals surface area contributed by atoms with E-state index in [4.69, 9.17) is 4.74 Å². The van der Waals surface area contributed by atoms with Gasteiger partial charge in [-0.15, -0.1) is 0 Å². The van der Waals surface area contributed by atoms with Gasteiger partial charge in [-0.25, -0.2) is 22.4 Å². The van der Waals surface area contributed by atoms with Crippen molar-refractivity contribution in [1.82, 2.24) is 0 Å². The number of thioether (sulfide) groups is 1. The van der Waals surface area contributed by atoms with Gasteiger partial charge in [-0.3, -0.25) is 4.79 Å². The van der Waals surface area contributed by atoms with Gasteiger partial charge in [-0.05, 0) is 36.2 Å². The first kappa shape index (κ1) is 23.7. The van der Waals surface area contributed by atoms with E-state index in [1.807, 2.05) is 0 Å². The van der Waals surface area contributed by atoms with Crippen LogP contribution in [0.2, 0.25) is 0 Å². The number of hydrogen-bond acceptors (Lipinski definition) is 4. The largest absolute Gasteiger partial charge is 0.465 e. The van der Waals surface area contributed by atoms with Crippen LogP contribution in [-0.4, -0.2) is 30.9 Å². The molecule has 4 nitrogen and oxygen atoms in total. The van der Waals surface area contributed by atoms with Gasteiger partial charge < -0.3 is 9.64 Å². The fourth-order valence-electron chi connectivity index (χ4n) is 2.78. The van der Waals surface area contributed by atoms with Gasteiger partial charge in [0.25, 0.3) is 6.43 Å². The summed E-state index contributed by atoms with van der Waals surface area (Å²) < 4.78 is 58.3. The molecule has 0 radical (unpaired) electrons. The molecule has 1 unspecified atom stereocenters. The fourth-order valence-corrected chi connectivity index (χ4v) is 3.55. The molecule has 0 aromatic heterocycles. The predicted molar refractivity (Wildman–Crippen MR) is 107 cm³/mol. The van der Waals surface area contributed by atoms with Crippen molar-refractivity contribution in [1.29, 1.82) is 0 Å². The number of amides is 1. The Morgan fingerprint density at radius 1 is 1.17 bits per heavy atom. The van der Waals surface area contributed by atoms with E-state index in [9.17, 15) is 27.2 Å². The molecule has 0 bridgehead atoms. The van der Waals surface area contributed by atoms with E-state index < -0.39 is 29.6 Å². The summed E-state index contributed by atoms with van der Waals surface area (Å²) in [6.07, 6.45) is -3.18. The molecule has 0 aliphatic rings. The molecule has 1 atom stereocenters. The molecule has 0 N–H and O–H groups in total. The van der Waals surface area contributed by atoms with Gasteiger partial charge in [0.2, 0.25) is 11.4 Å². The molecule has 2 aromatic carbocycles. The summed E-state index contributed by atoms with van der Waals surface area (Å²) in [5, 5.41) is 0. The van der Waals surface area contributed by atoms with Crippen molar-refractivity contribution in [3.8, 4) is 0 Å². The summed E-state index contributed by atoms with van der Waals surface area (Å²) in [4.78, 5) is 25.8. The second-order valence-electron chi connectivity index (χ2n) is 6.35. The first-order valence-corrected chi connectivity index (χ1v) is 9.93. The lowest BCUT2D eigenvalue weighted by molar-refractivity contribution is -0.118.